The van der Waals surface area contributed by atoms with Crippen LogP contribution in [0, 0.1) is 12.7 Å². The van der Waals surface area contributed by atoms with Gasteiger partial charge in [-0.3, -0.25) is 4.79 Å². The van der Waals surface area contributed by atoms with Crippen molar-refractivity contribution in [3.05, 3.63) is 83.8 Å². The molecule has 8 heteroatoms. The van der Waals surface area contributed by atoms with Gasteiger partial charge in [-0.2, -0.15) is 4.98 Å². The molecule has 5 rings (SSSR count). The quantitative estimate of drug-likeness (QED) is 0.718. The summed E-state index contributed by atoms with van der Waals surface area (Å²) in [7, 11) is 0. The van der Waals surface area contributed by atoms with Crippen LogP contribution in [0.25, 0.3) is 11.4 Å². The van der Waals surface area contributed by atoms with E-state index in [9.17, 15) is 9.18 Å². The predicted molar refractivity (Wildman–Crippen MR) is 107 cm³/mol. The number of fused-ring (bicyclic) bond motifs is 1. The van der Waals surface area contributed by atoms with Crippen LogP contribution in [0.3, 0.4) is 0 Å². The molecule has 1 fully saturated rings. The molecule has 1 saturated heterocycles. The van der Waals surface area contributed by atoms with Crippen LogP contribution >= 0.6 is 0 Å². The standard InChI is InChI=1S/C22H20FN5O2/c1-14-3-2-4-16(11-14)21-24-20(30-26-21)13-27-9-10-28-19(22(27)29)12-18(25-28)15-5-7-17(23)8-6-15/h2-11,18-19,25H,12-13H2,1H3. The Hall–Kier alpha value is -3.52. The number of rotatable bonds is 4. The third-order valence-electron chi connectivity index (χ3n) is 5.40. The molecular weight excluding hydrogens is 385 g/mol. The minimum absolute atomic E-state index is 0.0510. The van der Waals surface area contributed by atoms with E-state index in [4.69, 9.17) is 4.52 Å². The second-order valence-electron chi connectivity index (χ2n) is 7.54. The number of halogens is 1. The van der Waals surface area contributed by atoms with Gasteiger partial charge < -0.3 is 14.4 Å². The Balaban J connectivity index is 1.28. The van der Waals surface area contributed by atoms with Crippen molar-refractivity contribution in [3.8, 4) is 11.4 Å². The number of amides is 1. The SMILES string of the molecule is Cc1cccc(-c2noc(CN3C=CN4NC(c5ccc(F)cc5)CC4C3=O)n2)c1. The molecule has 2 aliphatic rings. The van der Waals surface area contributed by atoms with Gasteiger partial charge in [0.2, 0.25) is 11.7 Å². The number of hydrogen-bond donors (Lipinski definition) is 1. The molecule has 30 heavy (non-hydrogen) atoms. The van der Waals surface area contributed by atoms with Crippen LogP contribution in [-0.4, -0.2) is 32.0 Å². The molecule has 3 aromatic rings. The smallest absolute Gasteiger partial charge is 0.251 e. The maximum atomic E-state index is 13.2. The molecule has 0 radical (unpaired) electrons. The van der Waals surface area contributed by atoms with Crippen molar-refractivity contribution in [2.75, 3.05) is 0 Å². The predicted octanol–water partition coefficient (Wildman–Crippen LogP) is 3.32. The zero-order chi connectivity index (χ0) is 20.7. The van der Waals surface area contributed by atoms with Crippen LogP contribution in [0.4, 0.5) is 4.39 Å². The number of hydrazine groups is 1. The molecule has 2 atom stereocenters. The van der Waals surface area contributed by atoms with Crippen molar-refractivity contribution in [3.63, 3.8) is 0 Å². The highest BCUT2D eigenvalue weighted by molar-refractivity contribution is 5.84. The zero-order valence-electron chi connectivity index (χ0n) is 16.3. The lowest BCUT2D eigenvalue weighted by atomic mass is 10.0. The summed E-state index contributed by atoms with van der Waals surface area (Å²) in [6, 6.07) is 13.8. The van der Waals surface area contributed by atoms with Gasteiger partial charge in [-0.1, -0.05) is 41.1 Å². The van der Waals surface area contributed by atoms with Crippen molar-refractivity contribution in [1.82, 2.24) is 25.5 Å². The third-order valence-corrected chi connectivity index (χ3v) is 5.40. The molecule has 1 aromatic heterocycles. The molecule has 2 aliphatic heterocycles. The van der Waals surface area contributed by atoms with Gasteiger partial charge in [0.05, 0.1) is 6.04 Å². The number of aromatic nitrogens is 2. The molecule has 0 spiro atoms. The van der Waals surface area contributed by atoms with Crippen molar-refractivity contribution in [1.29, 1.82) is 0 Å². The number of benzene rings is 2. The average molecular weight is 405 g/mol. The van der Waals surface area contributed by atoms with Gasteiger partial charge in [-0.15, -0.1) is 0 Å². The summed E-state index contributed by atoms with van der Waals surface area (Å²) < 4.78 is 18.6. The minimum Gasteiger partial charge on any atom is -0.337 e. The fourth-order valence-corrected chi connectivity index (χ4v) is 3.85. The molecule has 0 aliphatic carbocycles. The Morgan fingerprint density at radius 3 is 2.83 bits per heavy atom. The molecule has 7 nitrogen and oxygen atoms in total. The van der Waals surface area contributed by atoms with Gasteiger partial charge in [0.15, 0.2) is 0 Å². The van der Waals surface area contributed by atoms with Crippen LogP contribution in [0.5, 0.6) is 0 Å². The highest BCUT2D eigenvalue weighted by Gasteiger charge is 2.40. The van der Waals surface area contributed by atoms with E-state index < -0.39 is 0 Å². The fraction of sp³-hybridized carbons (Fsp3) is 0.227. The number of aryl methyl sites for hydroxylation is 1. The third kappa shape index (κ3) is 3.46. The molecule has 1 N–H and O–H groups in total. The number of hydrogen-bond acceptors (Lipinski definition) is 6. The Labute approximate surface area is 172 Å². The second kappa shape index (κ2) is 7.38. The normalized spacial score (nSPS) is 20.7. The summed E-state index contributed by atoms with van der Waals surface area (Å²) in [6.45, 7) is 2.21. The van der Waals surface area contributed by atoms with E-state index in [1.54, 1.807) is 28.2 Å². The van der Waals surface area contributed by atoms with Gasteiger partial charge in [0, 0.05) is 18.0 Å². The average Bonchev–Trinajstić information content (AvgIpc) is 3.38. The monoisotopic (exact) mass is 405 g/mol. The first kappa shape index (κ1) is 18.5. The summed E-state index contributed by atoms with van der Waals surface area (Å²) in [5, 5.41) is 5.85. The number of carbonyl (C=O) groups excluding carboxylic acids is 1. The molecule has 2 unspecified atom stereocenters. The van der Waals surface area contributed by atoms with Gasteiger partial charge in [-0.25, -0.2) is 9.82 Å². The Kier molecular flexibility index (Phi) is 4.55. The second-order valence-corrected chi connectivity index (χ2v) is 7.54. The van der Waals surface area contributed by atoms with Crippen LogP contribution in [0.1, 0.15) is 29.5 Å². The first-order chi connectivity index (χ1) is 14.6. The van der Waals surface area contributed by atoms with E-state index >= 15 is 0 Å². The van der Waals surface area contributed by atoms with Crippen LogP contribution in [0.2, 0.25) is 0 Å². The van der Waals surface area contributed by atoms with Crippen molar-refractivity contribution < 1.29 is 13.7 Å². The molecule has 152 valence electrons. The highest BCUT2D eigenvalue weighted by atomic mass is 19.1. The lowest BCUT2D eigenvalue weighted by Crippen LogP contribution is -2.47. The van der Waals surface area contributed by atoms with Gasteiger partial charge in [0.1, 0.15) is 18.4 Å². The van der Waals surface area contributed by atoms with Gasteiger partial charge >= 0.3 is 0 Å². The molecule has 1 amide bonds. The van der Waals surface area contributed by atoms with E-state index in [-0.39, 0.29) is 30.4 Å². The van der Waals surface area contributed by atoms with E-state index in [1.807, 2.05) is 37.4 Å². The molecular formula is C22H20FN5O2. The summed E-state index contributed by atoms with van der Waals surface area (Å²) in [5.41, 5.74) is 6.23. The lowest BCUT2D eigenvalue weighted by molar-refractivity contribution is -0.135. The molecule has 0 saturated carbocycles. The van der Waals surface area contributed by atoms with Crippen LogP contribution < -0.4 is 5.43 Å². The minimum atomic E-state index is -0.343. The lowest BCUT2D eigenvalue weighted by Gasteiger charge is -2.30. The molecule has 2 aromatic carbocycles. The number of carbonyl (C=O) groups is 1. The van der Waals surface area contributed by atoms with E-state index in [0.717, 1.165) is 16.7 Å². The van der Waals surface area contributed by atoms with Gasteiger partial charge in [0.25, 0.3) is 5.91 Å². The van der Waals surface area contributed by atoms with Crippen LogP contribution in [0.15, 0.2) is 65.5 Å². The summed E-state index contributed by atoms with van der Waals surface area (Å²) in [6.07, 6.45) is 4.12. The Morgan fingerprint density at radius 2 is 2.03 bits per heavy atom. The number of nitrogens with one attached hydrogen (secondary N) is 1. The fourth-order valence-electron chi connectivity index (χ4n) is 3.85. The van der Waals surface area contributed by atoms with E-state index in [2.05, 4.69) is 15.6 Å². The van der Waals surface area contributed by atoms with E-state index in [0.29, 0.717) is 18.1 Å². The van der Waals surface area contributed by atoms with Crippen molar-refractivity contribution >= 4 is 5.91 Å². The topological polar surface area (TPSA) is 74.5 Å². The van der Waals surface area contributed by atoms with Crippen molar-refractivity contribution in [2.45, 2.75) is 32.0 Å². The number of nitrogens with zero attached hydrogens (tertiary/aromatic N) is 4. The maximum Gasteiger partial charge on any atom is 0.251 e. The largest absolute Gasteiger partial charge is 0.337 e. The summed E-state index contributed by atoms with van der Waals surface area (Å²) >= 11 is 0. The van der Waals surface area contributed by atoms with Crippen LogP contribution in [-0.2, 0) is 11.3 Å². The zero-order valence-corrected chi connectivity index (χ0v) is 16.3. The summed E-state index contributed by atoms with van der Waals surface area (Å²) in [4.78, 5) is 19.0. The molecule has 3 heterocycles. The van der Waals surface area contributed by atoms with Gasteiger partial charge in [-0.05, 0) is 37.1 Å². The highest BCUT2D eigenvalue weighted by Crippen LogP contribution is 2.31. The summed E-state index contributed by atoms with van der Waals surface area (Å²) in [5.74, 6) is 0.549. The molecule has 0 bridgehead atoms. The van der Waals surface area contributed by atoms with Crippen molar-refractivity contribution in [2.24, 2.45) is 0 Å². The Morgan fingerprint density at radius 1 is 1.20 bits per heavy atom. The first-order valence-electron chi connectivity index (χ1n) is 9.75. The maximum absolute atomic E-state index is 13.2. The van der Waals surface area contributed by atoms with E-state index in [1.165, 1.54) is 12.1 Å². The first-order valence-corrected chi connectivity index (χ1v) is 9.75. The Bertz CT molecular complexity index is 1110.